The van der Waals surface area contributed by atoms with Crippen molar-refractivity contribution < 1.29 is 14.7 Å². The van der Waals surface area contributed by atoms with E-state index in [9.17, 15) is 14.7 Å². The van der Waals surface area contributed by atoms with Crippen LogP contribution in [0.3, 0.4) is 0 Å². The lowest BCUT2D eigenvalue weighted by molar-refractivity contribution is -0.134. The predicted octanol–water partition coefficient (Wildman–Crippen LogP) is 0.912. The molecule has 1 aliphatic carbocycles. The van der Waals surface area contributed by atoms with Crippen LogP contribution in [0.1, 0.15) is 45.4 Å². The van der Waals surface area contributed by atoms with Crippen LogP contribution in [0.5, 0.6) is 0 Å². The van der Waals surface area contributed by atoms with Gasteiger partial charge in [-0.25, -0.2) is 0 Å². The van der Waals surface area contributed by atoms with Gasteiger partial charge in [-0.05, 0) is 25.7 Å². The minimum atomic E-state index is -0.0890. The van der Waals surface area contributed by atoms with Gasteiger partial charge in [0.2, 0.25) is 11.8 Å². The minimum absolute atomic E-state index is 0.0494. The molecular weight excluding hydrogens is 256 g/mol. The van der Waals surface area contributed by atoms with Gasteiger partial charge in [0.1, 0.15) is 0 Å². The van der Waals surface area contributed by atoms with Gasteiger partial charge in [-0.3, -0.25) is 9.59 Å². The van der Waals surface area contributed by atoms with Crippen LogP contribution in [0.15, 0.2) is 0 Å². The SMILES string of the molecule is CC(=O)N1CCCC(C(=O)NC2CCCCC2CO)C1. The molecule has 0 spiro atoms. The summed E-state index contributed by atoms with van der Waals surface area (Å²) >= 11 is 0. The van der Waals surface area contributed by atoms with Gasteiger partial charge in [0, 0.05) is 38.6 Å². The van der Waals surface area contributed by atoms with E-state index in [1.54, 1.807) is 11.8 Å². The Balaban J connectivity index is 1.88. The van der Waals surface area contributed by atoms with Crippen molar-refractivity contribution in [2.24, 2.45) is 11.8 Å². The van der Waals surface area contributed by atoms with Gasteiger partial charge in [0.15, 0.2) is 0 Å². The number of likely N-dealkylation sites (tertiary alicyclic amines) is 1. The zero-order chi connectivity index (χ0) is 14.5. The molecule has 0 radical (unpaired) electrons. The molecule has 1 aliphatic heterocycles. The van der Waals surface area contributed by atoms with E-state index >= 15 is 0 Å². The van der Waals surface area contributed by atoms with E-state index in [0.717, 1.165) is 45.1 Å². The molecular formula is C15H26N2O3. The fourth-order valence-corrected chi connectivity index (χ4v) is 3.39. The van der Waals surface area contributed by atoms with E-state index in [2.05, 4.69) is 5.32 Å². The number of rotatable bonds is 3. The molecule has 0 aromatic carbocycles. The molecule has 1 heterocycles. The highest BCUT2D eigenvalue weighted by Crippen LogP contribution is 2.25. The monoisotopic (exact) mass is 282 g/mol. The smallest absolute Gasteiger partial charge is 0.225 e. The maximum absolute atomic E-state index is 12.4. The molecule has 0 aromatic heterocycles. The van der Waals surface area contributed by atoms with Crippen molar-refractivity contribution >= 4 is 11.8 Å². The lowest BCUT2D eigenvalue weighted by atomic mass is 9.84. The van der Waals surface area contributed by atoms with E-state index in [1.165, 1.54) is 0 Å². The lowest BCUT2D eigenvalue weighted by Gasteiger charge is -2.35. The van der Waals surface area contributed by atoms with Gasteiger partial charge in [0.05, 0.1) is 5.92 Å². The van der Waals surface area contributed by atoms with Crippen molar-refractivity contribution in [1.29, 1.82) is 0 Å². The van der Waals surface area contributed by atoms with Gasteiger partial charge < -0.3 is 15.3 Å². The zero-order valence-electron chi connectivity index (χ0n) is 12.3. The topological polar surface area (TPSA) is 69.6 Å². The number of nitrogens with one attached hydrogen (secondary N) is 1. The van der Waals surface area contributed by atoms with Gasteiger partial charge in [-0.2, -0.15) is 0 Å². The number of hydrogen-bond donors (Lipinski definition) is 2. The summed E-state index contributed by atoms with van der Waals surface area (Å²) in [4.78, 5) is 25.5. The second-order valence-electron chi connectivity index (χ2n) is 6.15. The molecule has 5 nitrogen and oxygen atoms in total. The van der Waals surface area contributed by atoms with Gasteiger partial charge >= 0.3 is 0 Å². The van der Waals surface area contributed by atoms with E-state index in [0.29, 0.717) is 6.54 Å². The van der Waals surface area contributed by atoms with Crippen LogP contribution in [0.2, 0.25) is 0 Å². The van der Waals surface area contributed by atoms with Crippen molar-refractivity contribution in [3.8, 4) is 0 Å². The average molecular weight is 282 g/mol. The summed E-state index contributed by atoms with van der Waals surface area (Å²) in [7, 11) is 0. The summed E-state index contributed by atoms with van der Waals surface area (Å²) in [5.74, 6) is 0.212. The van der Waals surface area contributed by atoms with Crippen molar-refractivity contribution in [3.05, 3.63) is 0 Å². The van der Waals surface area contributed by atoms with Crippen molar-refractivity contribution in [3.63, 3.8) is 0 Å². The number of hydrogen-bond acceptors (Lipinski definition) is 3. The highest BCUT2D eigenvalue weighted by Gasteiger charge is 2.31. The number of nitrogens with zero attached hydrogens (tertiary/aromatic N) is 1. The molecule has 0 bridgehead atoms. The van der Waals surface area contributed by atoms with Crippen molar-refractivity contribution in [2.45, 2.75) is 51.5 Å². The van der Waals surface area contributed by atoms with Crippen molar-refractivity contribution in [1.82, 2.24) is 10.2 Å². The summed E-state index contributed by atoms with van der Waals surface area (Å²) in [5, 5.41) is 12.5. The van der Waals surface area contributed by atoms with E-state index in [1.807, 2.05) is 0 Å². The first-order valence-corrected chi connectivity index (χ1v) is 7.78. The van der Waals surface area contributed by atoms with E-state index in [-0.39, 0.29) is 36.3 Å². The first kappa shape index (κ1) is 15.3. The van der Waals surface area contributed by atoms with Crippen LogP contribution in [0.25, 0.3) is 0 Å². The molecule has 20 heavy (non-hydrogen) atoms. The second kappa shape index (κ2) is 7.07. The first-order chi connectivity index (χ1) is 9.61. The molecule has 2 N–H and O–H groups in total. The highest BCUT2D eigenvalue weighted by molar-refractivity contribution is 5.81. The van der Waals surface area contributed by atoms with Crippen molar-refractivity contribution in [2.75, 3.05) is 19.7 Å². The van der Waals surface area contributed by atoms with E-state index < -0.39 is 0 Å². The Morgan fingerprint density at radius 3 is 2.65 bits per heavy atom. The summed E-state index contributed by atoms with van der Waals surface area (Å²) < 4.78 is 0. The Morgan fingerprint density at radius 1 is 1.20 bits per heavy atom. The quantitative estimate of drug-likeness (QED) is 0.808. The number of carbonyl (C=O) groups is 2. The molecule has 2 aliphatic rings. The summed E-state index contributed by atoms with van der Waals surface area (Å²) in [6.07, 6.45) is 5.95. The Morgan fingerprint density at radius 2 is 1.95 bits per heavy atom. The number of carbonyl (C=O) groups excluding carboxylic acids is 2. The Hall–Kier alpha value is -1.10. The van der Waals surface area contributed by atoms with Gasteiger partial charge in [-0.15, -0.1) is 0 Å². The molecule has 114 valence electrons. The first-order valence-electron chi connectivity index (χ1n) is 7.78. The molecule has 3 unspecified atom stereocenters. The van der Waals surface area contributed by atoms with Crippen LogP contribution >= 0.6 is 0 Å². The third-order valence-electron chi connectivity index (χ3n) is 4.71. The average Bonchev–Trinajstić information content (AvgIpc) is 2.48. The Kier molecular flexibility index (Phi) is 5.40. The van der Waals surface area contributed by atoms with E-state index in [4.69, 9.17) is 0 Å². The predicted molar refractivity (Wildman–Crippen MR) is 76.0 cm³/mol. The Bertz CT molecular complexity index is 359. The minimum Gasteiger partial charge on any atom is -0.396 e. The largest absolute Gasteiger partial charge is 0.396 e. The van der Waals surface area contributed by atoms with Gasteiger partial charge in [0.25, 0.3) is 0 Å². The number of aliphatic hydroxyl groups is 1. The number of aliphatic hydroxyl groups excluding tert-OH is 1. The maximum atomic E-state index is 12.4. The molecule has 5 heteroatoms. The molecule has 1 saturated heterocycles. The summed E-state index contributed by atoms with van der Waals surface area (Å²) in [5.41, 5.74) is 0. The molecule has 2 fully saturated rings. The lowest BCUT2D eigenvalue weighted by Crippen LogP contribution is -2.50. The van der Waals surface area contributed by atoms with Gasteiger partial charge in [-0.1, -0.05) is 12.8 Å². The number of amides is 2. The van der Waals surface area contributed by atoms with Crippen LogP contribution < -0.4 is 5.32 Å². The zero-order valence-corrected chi connectivity index (χ0v) is 12.3. The van der Waals surface area contributed by atoms with Crippen LogP contribution in [-0.4, -0.2) is 47.6 Å². The normalized spacial score (nSPS) is 30.9. The fraction of sp³-hybridized carbons (Fsp3) is 0.867. The molecule has 2 rings (SSSR count). The fourth-order valence-electron chi connectivity index (χ4n) is 3.39. The van der Waals surface area contributed by atoms with Crippen LogP contribution in [0, 0.1) is 11.8 Å². The second-order valence-corrected chi connectivity index (χ2v) is 6.15. The Labute approximate surface area is 120 Å². The summed E-state index contributed by atoms with van der Waals surface area (Å²) in [6, 6.07) is 0.106. The maximum Gasteiger partial charge on any atom is 0.225 e. The number of piperidine rings is 1. The third-order valence-corrected chi connectivity index (χ3v) is 4.71. The summed E-state index contributed by atoms with van der Waals surface area (Å²) in [6.45, 7) is 3.01. The molecule has 2 amide bonds. The molecule has 3 atom stereocenters. The molecule has 0 aromatic rings. The standard InChI is InChI=1S/C15H26N2O3/c1-11(19)17-8-4-6-12(9-17)15(20)16-14-7-3-2-5-13(14)10-18/h12-14,18H,2-10H2,1H3,(H,16,20). The molecule has 1 saturated carbocycles. The third kappa shape index (κ3) is 3.72. The van der Waals surface area contributed by atoms with Crippen LogP contribution in [-0.2, 0) is 9.59 Å². The van der Waals surface area contributed by atoms with Crippen LogP contribution in [0.4, 0.5) is 0 Å². The highest BCUT2D eigenvalue weighted by atomic mass is 16.3.